The number of anilines is 1. The minimum absolute atomic E-state index is 0.168. The van der Waals surface area contributed by atoms with E-state index in [9.17, 15) is 4.79 Å². The molecule has 1 aromatic carbocycles. The zero-order chi connectivity index (χ0) is 23.4. The van der Waals surface area contributed by atoms with E-state index >= 15 is 0 Å². The van der Waals surface area contributed by atoms with Crippen LogP contribution in [0.5, 0.6) is 0 Å². The molecule has 0 saturated heterocycles. The molecule has 0 aromatic heterocycles. The van der Waals surface area contributed by atoms with Gasteiger partial charge >= 0.3 is 0 Å². The molecule has 4 saturated carbocycles. The molecule has 0 radical (unpaired) electrons. The van der Waals surface area contributed by atoms with Gasteiger partial charge in [0, 0.05) is 38.4 Å². The van der Waals surface area contributed by atoms with Gasteiger partial charge in [0.2, 0.25) is 0 Å². The maximum Gasteiger partial charge on any atom is 0.166 e. The summed E-state index contributed by atoms with van der Waals surface area (Å²) in [5, 5.41) is 0. The number of carbonyl (C=O) groups excluding carboxylic acids is 1. The summed E-state index contributed by atoms with van der Waals surface area (Å²) >= 11 is 0. The van der Waals surface area contributed by atoms with E-state index in [1.54, 1.807) is 0 Å². The van der Waals surface area contributed by atoms with Crippen molar-refractivity contribution in [3.05, 3.63) is 29.8 Å². The Kier molecular flexibility index (Phi) is 6.17. The van der Waals surface area contributed by atoms with Crippen molar-refractivity contribution in [3.63, 3.8) is 0 Å². The zero-order valence-corrected chi connectivity index (χ0v) is 21.6. The van der Waals surface area contributed by atoms with Crippen molar-refractivity contribution in [3.8, 4) is 0 Å². The highest BCUT2D eigenvalue weighted by atomic mass is 16.5. The van der Waals surface area contributed by atoms with E-state index in [-0.39, 0.29) is 11.3 Å². The van der Waals surface area contributed by atoms with E-state index in [1.807, 2.05) is 7.11 Å². The minimum Gasteiger partial charge on any atom is -0.384 e. The van der Waals surface area contributed by atoms with Gasteiger partial charge in [-0.1, -0.05) is 20.3 Å². The van der Waals surface area contributed by atoms with Crippen LogP contribution in [0.3, 0.4) is 0 Å². The van der Waals surface area contributed by atoms with Gasteiger partial charge in [-0.2, -0.15) is 0 Å². The number of benzene rings is 1. The third kappa shape index (κ3) is 3.68. The summed E-state index contributed by atoms with van der Waals surface area (Å²) in [6.45, 7) is 5.89. The van der Waals surface area contributed by atoms with Crippen molar-refractivity contribution in [2.45, 2.75) is 71.6 Å². The summed E-state index contributed by atoms with van der Waals surface area (Å²) in [5.41, 5.74) is 2.64. The normalized spacial score (nSPS) is 42.2. The molecule has 1 aromatic rings. The van der Waals surface area contributed by atoms with Crippen molar-refractivity contribution in [1.82, 2.24) is 0 Å². The fourth-order valence-electron chi connectivity index (χ4n) is 9.37. The summed E-state index contributed by atoms with van der Waals surface area (Å²) in [6.07, 6.45) is 11.7. The van der Waals surface area contributed by atoms with Gasteiger partial charge in [0.05, 0.1) is 6.61 Å². The molecule has 0 heterocycles. The third-order valence-corrected chi connectivity index (χ3v) is 11.0. The fourth-order valence-corrected chi connectivity index (χ4v) is 9.37. The molecule has 3 nitrogen and oxygen atoms in total. The number of ketones is 1. The molecule has 0 aliphatic heterocycles. The second-order valence-electron chi connectivity index (χ2n) is 12.7. The van der Waals surface area contributed by atoms with E-state index in [4.69, 9.17) is 4.74 Å². The van der Waals surface area contributed by atoms with E-state index in [2.05, 4.69) is 57.1 Å². The predicted octanol–water partition coefficient (Wildman–Crippen LogP) is 6.86. The number of nitrogens with zero attached hydrogens (tertiary/aromatic N) is 1. The number of hydrogen-bond donors (Lipinski definition) is 0. The molecular formula is C30H45NO2. The van der Waals surface area contributed by atoms with Crippen LogP contribution in [0.25, 0.3) is 0 Å². The van der Waals surface area contributed by atoms with Gasteiger partial charge in [0.25, 0.3) is 0 Å². The van der Waals surface area contributed by atoms with Crippen molar-refractivity contribution < 1.29 is 9.53 Å². The number of methoxy groups -OCH3 is 1. The predicted molar refractivity (Wildman–Crippen MR) is 136 cm³/mol. The zero-order valence-electron chi connectivity index (χ0n) is 21.6. The molecule has 182 valence electrons. The Bertz CT molecular complexity index is 863. The van der Waals surface area contributed by atoms with Crippen LogP contribution < -0.4 is 4.90 Å². The highest BCUT2D eigenvalue weighted by molar-refractivity contribution is 5.98. The number of carbonyl (C=O) groups is 1. The number of Topliss-reactive ketones (excluding diaryl/α,β-unsaturated/α-hetero) is 1. The van der Waals surface area contributed by atoms with E-state index in [1.165, 1.54) is 51.4 Å². The molecule has 8 atom stereocenters. The molecule has 5 rings (SSSR count). The summed E-state index contributed by atoms with van der Waals surface area (Å²) < 4.78 is 5.95. The minimum atomic E-state index is 0.168. The largest absolute Gasteiger partial charge is 0.384 e. The Morgan fingerprint density at radius 3 is 2.45 bits per heavy atom. The van der Waals surface area contributed by atoms with Crippen LogP contribution in [-0.4, -0.2) is 33.6 Å². The number of hydrogen-bond acceptors (Lipinski definition) is 3. The van der Waals surface area contributed by atoms with Crippen LogP contribution in [0.15, 0.2) is 24.3 Å². The molecule has 4 aliphatic rings. The molecule has 8 unspecified atom stereocenters. The van der Waals surface area contributed by atoms with Crippen molar-refractivity contribution in [2.24, 2.45) is 46.3 Å². The van der Waals surface area contributed by atoms with Crippen molar-refractivity contribution in [1.29, 1.82) is 0 Å². The number of rotatable bonds is 5. The first kappa shape index (κ1) is 23.4. The second kappa shape index (κ2) is 8.70. The van der Waals surface area contributed by atoms with Crippen molar-refractivity contribution in [2.75, 3.05) is 32.7 Å². The summed E-state index contributed by atoms with van der Waals surface area (Å²) in [4.78, 5) is 15.8. The quantitative estimate of drug-likeness (QED) is 0.458. The van der Waals surface area contributed by atoms with Gasteiger partial charge in [0.1, 0.15) is 0 Å². The lowest BCUT2D eigenvalue weighted by Crippen LogP contribution is -2.56. The van der Waals surface area contributed by atoms with Crippen LogP contribution in [0.4, 0.5) is 5.69 Å². The molecule has 3 heteroatoms. The summed E-state index contributed by atoms with van der Waals surface area (Å²) in [5.74, 6) is 4.61. The Balaban J connectivity index is 1.39. The first-order valence-electron chi connectivity index (χ1n) is 13.6. The van der Waals surface area contributed by atoms with Crippen LogP contribution in [0, 0.1) is 46.3 Å². The molecule has 4 aliphatic carbocycles. The van der Waals surface area contributed by atoms with Crippen LogP contribution in [0.1, 0.15) is 82.0 Å². The first-order valence-corrected chi connectivity index (χ1v) is 13.6. The lowest BCUT2D eigenvalue weighted by molar-refractivity contribution is -0.148. The van der Waals surface area contributed by atoms with Gasteiger partial charge in [-0.3, -0.25) is 4.79 Å². The van der Waals surface area contributed by atoms with Gasteiger partial charge < -0.3 is 9.64 Å². The molecule has 0 amide bonds. The van der Waals surface area contributed by atoms with Gasteiger partial charge in [-0.25, -0.2) is 0 Å². The average molecular weight is 452 g/mol. The fraction of sp³-hybridized carbons (Fsp3) is 0.767. The van der Waals surface area contributed by atoms with Crippen molar-refractivity contribution >= 4 is 11.5 Å². The van der Waals surface area contributed by atoms with Gasteiger partial charge in [0.15, 0.2) is 5.78 Å². The topological polar surface area (TPSA) is 29.5 Å². The standard InChI is InChI=1S/C30H45NO2/c1-20-14-17-30(19-33-5)22(18-20)8-11-24-25-12-13-27(29(25,2)16-15-26(24)30)28(32)21-6-9-23(10-7-21)31(3)4/h6-7,9-10,20,22,24-27H,8,11-19H2,1-5H3. The third-order valence-electron chi connectivity index (χ3n) is 11.0. The van der Waals surface area contributed by atoms with E-state index < -0.39 is 0 Å². The lowest BCUT2D eigenvalue weighted by Gasteiger charge is -2.61. The van der Waals surface area contributed by atoms with Crippen LogP contribution >= 0.6 is 0 Å². The average Bonchev–Trinajstić information content (AvgIpc) is 3.16. The van der Waals surface area contributed by atoms with Gasteiger partial charge in [-0.05, 0) is 116 Å². The number of ether oxygens (including phenoxy) is 1. The maximum absolute atomic E-state index is 13.7. The molecule has 0 spiro atoms. The smallest absolute Gasteiger partial charge is 0.166 e. The molecule has 33 heavy (non-hydrogen) atoms. The molecule has 0 N–H and O–H groups in total. The Hall–Kier alpha value is -1.35. The highest BCUT2D eigenvalue weighted by Gasteiger charge is 2.62. The summed E-state index contributed by atoms with van der Waals surface area (Å²) in [6, 6.07) is 8.31. The second-order valence-corrected chi connectivity index (χ2v) is 12.7. The molecule has 4 fully saturated rings. The Morgan fingerprint density at radius 1 is 1.00 bits per heavy atom. The lowest BCUT2D eigenvalue weighted by atomic mass is 9.43. The van der Waals surface area contributed by atoms with Gasteiger partial charge in [-0.15, -0.1) is 0 Å². The van der Waals surface area contributed by atoms with Crippen LogP contribution in [-0.2, 0) is 4.74 Å². The van der Waals surface area contributed by atoms with Crippen LogP contribution in [0.2, 0.25) is 0 Å². The number of fused-ring (bicyclic) bond motifs is 5. The Morgan fingerprint density at radius 2 is 1.76 bits per heavy atom. The monoisotopic (exact) mass is 451 g/mol. The SMILES string of the molecule is COCC12CCC(C)CC1CCC1C3CCC(C(=O)c4ccc(N(C)C)cc4)C3(C)CCC12. The van der Waals surface area contributed by atoms with E-state index in [0.29, 0.717) is 17.1 Å². The molecular weight excluding hydrogens is 406 g/mol. The summed E-state index contributed by atoms with van der Waals surface area (Å²) in [7, 11) is 6.03. The maximum atomic E-state index is 13.7. The van der Waals surface area contributed by atoms with E-state index in [0.717, 1.165) is 48.0 Å². The first-order chi connectivity index (χ1) is 15.8. The highest BCUT2D eigenvalue weighted by Crippen LogP contribution is 2.68. The molecule has 0 bridgehead atoms. The Labute approximate surface area is 201 Å².